The lowest BCUT2D eigenvalue weighted by Crippen LogP contribution is -2.55. The van der Waals surface area contributed by atoms with Crippen molar-refractivity contribution < 1.29 is 14.1 Å². The summed E-state index contributed by atoms with van der Waals surface area (Å²) in [7, 11) is 0. The molecule has 0 aliphatic carbocycles. The fraction of sp³-hybridized carbons (Fsp3) is 0.276. The van der Waals surface area contributed by atoms with Crippen molar-refractivity contribution in [2.45, 2.75) is 39.5 Å². The predicted molar refractivity (Wildman–Crippen MR) is 143 cm³/mol. The molecule has 1 aliphatic heterocycles. The number of carbonyl (C=O) groups is 1. The van der Waals surface area contributed by atoms with Crippen LogP contribution in [0.5, 0.6) is 5.75 Å². The van der Waals surface area contributed by atoms with E-state index in [2.05, 4.69) is 29.3 Å². The van der Waals surface area contributed by atoms with E-state index in [0.29, 0.717) is 36.0 Å². The molecule has 0 radical (unpaired) electrons. The number of nitrogen functional groups attached to an aromatic ring is 1. The molecule has 2 aromatic heterocycles. The standard InChI is InChI=1S/C29H31N5O3/c1-18-15-34(16-19(2)32-18)29(35)23-11-9-21(10-12-23)24-13-26(28(30)31-14-24)36-17-25-20(3)37-33-27(25)22-7-5-4-6-8-22/h4-14,18-19,32H,15-17H2,1-3H3,(H2,30,31). The number of amides is 1. The van der Waals surface area contributed by atoms with Crippen LogP contribution in [-0.4, -0.2) is 46.1 Å². The predicted octanol–water partition coefficient (Wildman–Crippen LogP) is 4.70. The fourth-order valence-electron chi connectivity index (χ4n) is 4.74. The van der Waals surface area contributed by atoms with Gasteiger partial charge in [-0.05, 0) is 44.5 Å². The van der Waals surface area contributed by atoms with E-state index in [0.717, 1.165) is 27.9 Å². The number of piperazine rings is 1. The summed E-state index contributed by atoms with van der Waals surface area (Å²) in [5.41, 5.74) is 11.1. The minimum Gasteiger partial charge on any atom is -0.485 e. The number of nitrogens with zero attached hydrogens (tertiary/aromatic N) is 3. The number of carbonyl (C=O) groups excluding carboxylic acids is 1. The van der Waals surface area contributed by atoms with E-state index in [-0.39, 0.29) is 24.6 Å². The zero-order valence-electron chi connectivity index (χ0n) is 21.3. The smallest absolute Gasteiger partial charge is 0.253 e. The van der Waals surface area contributed by atoms with E-state index in [1.807, 2.05) is 72.5 Å². The minimum absolute atomic E-state index is 0.0458. The molecule has 3 heterocycles. The first kappa shape index (κ1) is 24.5. The molecule has 1 fully saturated rings. The molecule has 1 amide bonds. The summed E-state index contributed by atoms with van der Waals surface area (Å²) in [5, 5.41) is 7.67. The lowest BCUT2D eigenvalue weighted by Gasteiger charge is -2.36. The lowest BCUT2D eigenvalue weighted by atomic mass is 10.0. The number of hydrogen-bond donors (Lipinski definition) is 2. The molecule has 2 unspecified atom stereocenters. The molecule has 190 valence electrons. The van der Waals surface area contributed by atoms with Gasteiger partial charge in [-0.25, -0.2) is 4.98 Å². The van der Waals surface area contributed by atoms with Gasteiger partial charge in [-0.1, -0.05) is 47.6 Å². The first-order valence-electron chi connectivity index (χ1n) is 12.4. The summed E-state index contributed by atoms with van der Waals surface area (Å²) < 4.78 is 11.5. The van der Waals surface area contributed by atoms with Crippen LogP contribution in [-0.2, 0) is 6.61 Å². The van der Waals surface area contributed by atoms with Crippen molar-refractivity contribution in [3.63, 3.8) is 0 Å². The third kappa shape index (κ3) is 5.34. The van der Waals surface area contributed by atoms with Gasteiger partial charge in [0.05, 0.1) is 5.56 Å². The average molecular weight is 498 g/mol. The number of anilines is 1. The Labute approximate surface area is 216 Å². The normalized spacial score (nSPS) is 17.5. The van der Waals surface area contributed by atoms with Crippen molar-refractivity contribution in [3.8, 4) is 28.1 Å². The van der Waals surface area contributed by atoms with Gasteiger partial charge in [0.2, 0.25) is 0 Å². The van der Waals surface area contributed by atoms with Gasteiger partial charge in [-0.2, -0.15) is 0 Å². The van der Waals surface area contributed by atoms with Gasteiger partial charge in [0.15, 0.2) is 11.6 Å². The van der Waals surface area contributed by atoms with Crippen molar-refractivity contribution in [1.82, 2.24) is 20.4 Å². The summed E-state index contributed by atoms with van der Waals surface area (Å²) in [4.78, 5) is 19.3. The second kappa shape index (κ2) is 10.4. The van der Waals surface area contributed by atoms with Crippen LogP contribution in [0.25, 0.3) is 22.4 Å². The highest BCUT2D eigenvalue weighted by Crippen LogP contribution is 2.30. The number of aromatic nitrogens is 2. The zero-order valence-corrected chi connectivity index (χ0v) is 21.3. The van der Waals surface area contributed by atoms with Crippen molar-refractivity contribution in [3.05, 3.63) is 83.7 Å². The first-order chi connectivity index (χ1) is 17.9. The van der Waals surface area contributed by atoms with Gasteiger partial charge >= 0.3 is 0 Å². The molecule has 1 aliphatic rings. The Morgan fingerprint density at radius 3 is 2.46 bits per heavy atom. The number of ether oxygens (including phenoxy) is 1. The third-order valence-corrected chi connectivity index (χ3v) is 6.60. The fourth-order valence-corrected chi connectivity index (χ4v) is 4.74. The molecule has 5 rings (SSSR count). The van der Waals surface area contributed by atoms with Crippen molar-refractivity contribution in [1.29, 1.82) is 0 Å². The van der Waals surface area contributed by atoms with Crippen LogP contribution in [0.2, 0.25) is 0 Å². The maximum absolute atomic E-state index is 13.0. The van der Waals surface area contributed by atoms with Gasteiger partial charge in [-0.15, -0.1) is 0 Å². The number of nitrogens with two attached hydrogens (primary N) is 1. The number of pyridine rings is 1. The number of nitrogens with one attached hydrogen (secondary N) is 1. The Balaban J connectivity index is 1.32. The van der Waals surface area contributed by atoms with Gasteiger partial charge in [0.1, 0.15) is 18.1 Å². The number of aryl methyl sites for hydroxylation is 1. The molecule has 8 heteroatoms. The molecule has 0 bridgehead atoms. The SMILES string of the molecule is Cc1onc(-c2ccccc2)c1COc1cc(-c2ccc(C(=O)N3CC(C)NC(C)C3)cc2)cnc1N. The molecule has 0 spiro atoms. The molecule has 1 saturated heterocycles. The summed E-state index contributed by atoms with van der Waals surface area (Å²) >= 11 is 0. The molecule has 0 saturated carbocycles. The highest BCUT2D eigenvalue weighted by molar-refractivity contribution is 5.95. The zero-order chi connectivity index (χ0) is 25.9. The van der Waals surface area contributed by atoms with Crippen LogP contribution >= 0.6 is 0 Å². The van der Waals surface area contributed by atoms with E-state index < -0.39 is 0 Å². The maximum atomic E-state index is 13.0. The monoisotopic (exact) mass is 497 g/mol. The number of rotatable bonds is 6. The lowest BCUT2D eigenvalue weighted by molar-refractivity contribution is 0.0674. The molecule has 2 aromatic carbocycles. The maximum Gasteiger partial charge on any atom is 0.253 e. The van der Waals surface area contributed by atoms with E-state index in [4.69, 9.17) is 15.0 Å². The van der Waals surface area contributed by atoms with Gasteiger partial charge in [-0.3, -0.25) is 4.79 Å². The minimum atomic E-state index is 0.0458. The van der Waals surface area contributed by atoms with Crippen LogP contribution in [0.3, 0.4) is 0 Å². The topological polar surface area (TPSA) is 107 Å². The van der Waals surface area contributed by atoms with Crippen LogP contribution in [0, 0.1) is 6.92 Å². The van der Waals surface area contributed by atoms with Gasteiger partial charge in [0.25, 0.3) is 5.91 Å². The number of benzene rings is 2. The van der Waals surface area contributed by atoms with Crippen LogP contribution in [0.4, 0.5) is 5.82 Å². The second-order valence-electron chi connectivity index (χ2n) is 9.58. The largest absolute Gasteiger partial charge is 0.485 e. The van der Waals surface area contributed by atoms with E-state index >= 15 is 0 Å². The quantitative estimate of drug-likeness (QED) is 0.398. The summed E-state index contributed by atoms with van der Waals surface area (Å²) in [6.45, 7) is 7.69. The summed E-state index contributed by atoms with van der Waals surface area (Å²) in [6, 6.07) is 19.8. The molecular weight excluding hydrogens is 466 g/mol. The number of hydrogen-bond acceptors (Lipinski definition) is 7. The molecular formula is C29H31N5O3. The van der Waals surface area contributed by atoms with E-state index in [1.54, 1.807) is 6.20 Å². The molecule has 2 atom stereocenters. The Bertz CT molecular complexity index is 1370. The van der Waals surface area contributed by atoms with E-state index in [9.17, 15) is 4.79 Å². The molecule has 8 nitrogen and oxygen atoms in total. The van der Waals surface area contributed by atoms with Crippen molar-refractivity contribution in [2.24, 2.45) is 0 Å². The van der Waals surface area contributed by atoms with Crippen LogP contribution < -0.4 is 15.8 Å². The molecule has 4 aromatic rings. The van der Waals surface area contributed by atoms with Gasteiger partial charge in [0, 0.05) is 48.1 Å². The first-order valence-corrected chi connectivity index (χ1v) is 12.4. The Morgan fingerprint density at radius 2 is 1.76 bits per heavy atom. The Kier molecular flexibility index (Phi) is 6.92. The van der Waals surface area contributed by atoms with Crippen LogP contribution in [0.15, 0.2) is 71.4 Å². The highest BCUT2D eigenvalue weighted by Gasteiger charge is 2.25. The van der Waals surface area contributed by atoms with E-state index in [1.165, 1.54) is 0 Å². The van der Waals surface area contributed by atoms with Crippen molar-refractivity contribution in [2.75, 3.05) is 18.8 Å². The average Bonchev–Trinajstić information content (AvgIpc) is 3.28. The third-order valence-electron chi connectivity index (χ3n) is 6.60. The van der Waals surface area contributed by atoms with Crippen LogP contribution in [0.1, 0.15) is 35.5 Å². The highest BCUT2D eigenvalue weighted by atomic mass is 16.5. The summed E-state index contributed by atoms with van der Waals surface area (Å²) in [6.07, 6.45) is 1.71. The molecule has 37 heavy (non-hydrogen) atoms. The second-order valence-corrected chi connectivity index (χ2v) is 9.58. The van der Waals surface area contributed by atoms with Crippen molar-refractivity contribution >= 4 is 11.7 Å². The van der Waals surface area contributed by atoms with Gasteiger partial charge < -0.3 is 25.2 Å². The molecule has 3 N–H and O–H groups in total. The Morgan fingerprint density at radius 1 is 1.05 bits per heavy atom. The summed E-state index contributed by atoms with van der Waals surface area (Å²) in [5.74, 6) is 1.51. The Hall–Kier alpha value is -4.17.